The molecule has 2 heterocycles. The van der Waals surface area contributed by atoms with Crippen LogP contribution in [0.15, 0.2) is 47.7 Å². The van der Waals surface area contributed by atoms with Gasteiger partial charge in [-0.1, -0.05) is 19.1 Å². The Bertz CT molecular complexity index is 939. The maximum Gasteiger partial charge on any atom is 0.274 e. The lowest BCUT2D eigenvalue weighted by molar-refractivity contribution is -0.385. The first-order chi connectivity index (χ1) is 12.8. The molecule has 138 valence electrons. The molecule has 0 bridgehead atoms. The first-order valence-electron chi connectivity index (χ1n) is 8.22. The summed E-state index contributed by atoms with van der Waals surface area (Å²) in [5.41, 5.74) is 1.93. The summed E-state index contributed by atoms with van der Waals surface area (Å²) in [6.45, 7) is 1.94. The summed E-state index contributed by atoms with van der Waals surface area (Å²) in [4.78, 5) is 38.0. The van der Waals surface area contributed by atoms with Gasteiger partial charge in [-0.25, -0.2) is 5.01 Å². The van der Waals surface area contributed by atoms with Crippen molar-refractivity contribution in [3.63, 3.8) is 0 Å². The van der Waals surface area contributed by atoms with Crippen molar-refractivity contribution in [2.45, 2.75) is 13.3 Å². The number of aromatic nitrogens is 1. The van der Waals surface area contributed by atoms with Crippen molar-refractivity contribution in [1.29, 1.82) is 0 Å². The van der Waals surface area contributed by atoms with Gasteiger partial charge in [0.15, 0.2) is 0 Å². The fraction of sp³-hybridized carbons (Fsp3) is 0.222. The highest BCUT2D eigenvalue weighted by atomic mass is 16.6. The average molecular weight is 367 g/mol. The lowest BCUT2D eigenvalue weighted by atomic mass is 9.94. The summed E-state index contributed by atoms with van der Waals surface area (Å²) in [5.74, 6) is -0.567. The van der Waals surface area contributed by atoms with Gasteiger partial charge in [0.05, 0.1) is 10.6 Å². The van der Waals surface area contributed by atoms with Gasteiger partial charge >= 0.3 is 0 Å². The molecule has 9 heteroatoms. The Kier molecular flexibility index (Phi) is 4.93. The van der Waals surface area contributed by atoms with Gasteiger partial charge in [-0.3, -0.25) is 24.7 Å². The Morgan fingerprint density at radius 2 is 2.00 bits per heavy atom. The highest BCUT2D eigenvalue weighted by Gasteiger charge is 2.25. The Morgan fingerprint density at radius 1 is 1.30 bits per heavy atom. The molecular weight excluding hydrogens is 350 g/mol. The van der Waals surface area contributed by atoms with Gasteiger partial charge in [0.25, 0.3) is 11.6 Å². The highest BCUT2D eigenvalue weighted by molar-refractivity contribution is 6.06. The topological polar surface area (TPSA) is 118 Å². The summed E-state index contributed by atoms with van der Waals surface area (Å²) in [7, 11) is 1.62. The molecule has 2 aromatic rings. The van der Waals surface area contributed by atoms with E-state index < -0.39 is 10.8 Å². The molecule has 0 fully saturated rings. The van der Waals surface area contributed by atoms with Crippen LogP contribution in [0.25, 0.3) is 0 Å². The molecule has 1 aliphatic rings. The van der Waals surface area contributed by atoms with E-state index in [2.05, 4.69) is 15.4 Å². The van der Waals surface area contributed by atoms with Gasteiger partial charge in [0, 0.05) is 43.4 Å². The molecule has 1 aromatic heterocycles. The van der Waals surface area contributed by atoms with E-state index in [1.165, 1.54) is 17.3 Å². The summed E-state index contributed by atoms with van der Waals surface area (Å²) in [6, 6.07) is 9.35. The second-order valence-corrected chi connectivity index (χ2v) is 6.20. The molecule has 9 nitrogen and oxygen atoms in total. The molecule has 0 saturated heterocycles. The first kappa shape index (κ1) is 18.2. The van der Waals surface area contributed by atoms with E-state index in [-0.39, 0.29) is 23.2 Å². The number of hydrogen-bond acceptors (Lipinski definition) is 6. The predicted molar refractivity (Wildman–Crippen MR) is 98.4 cm³/mol. The number of benzene rings is 1. The van der Waals surface area contributed by atoms with Crippen LogP contribution in [0.3, 0.4) is 0 Å². The molecule has 2 amide bonds. The molecule has 0 aliphatic carbocycles. The number of hydrogen-bond donors (Lipinski definition) is 1. The Balaban J connectivity index is 1.75. The summed E-state index contributed by atoms with van der Waals surface area (Å²) in [5, 5.41) is 19.1. The van der Waals surface area contributed by atoms with E-state index in [1.54, 1.807) is 31.3 Å². The van der Waals surface area contributed by atoms with Crippen LogP contribution in [0.2, 0.25) is 0 Å². The van der Waals surface area contributed by atoms with E-state index in [4.69, 9.17) is 0 Å². The molecular formula is C18H17N5O4. The minimum absolute atomic E-state index is 0.00297. The number of nitrogens with zero attached hydrogens (tertiary/aromatic N) is 4. The summed E-state index contributed by atoms with van der Waals surface area (Å²) < 4.78 is 0. The van der Waals surface area contributed by atoms with Crippen molar-refractivity contribution in [3.05, 3.63) is 64.0 Å². The molecule has 1 N–H and O–H groups in total. The molecule has 0 saturated carbocycles. The zero-order valence-electron chi connectivity index (χ0n) is 14.7. The van der Waals surface area contributed by atoms with Gasteiger partial charge in [0.1, 0.15) is 5.69 Å². The average Bonchev–Trinajstić information content (AvgIpc) is 2.65. The maximum absolute atomic E-state index is 12.2. The molecule has 27 heavy (non-hydrogen) atoms. The molecule has 3 rings (SSSR count). The minimum atomic E-state index is -0.582. The molecule has 0 spiro atoms. The number of hydrazone groups is 1. The second-order valence-electron chi connectivity index (χ2n) is 6.20. The summed E-state index contributed by atoms with van der Waals surface area (Å²) in [6.07, 6.45) is 1.61. The van der Waals surface area contributed by atoms with E-state index >= 15 is 0 Å². The van der Waals surface area contributed by atoms with Crippen molar-refractivity contribution < 1.29 is 14.5 Å². The first-order valence-corrected chi connectivity index (χ1v) is 8.22. The Hall–Kier alpha value is -3.62. The van der Waals surface area contributed by atoms with E-state index in [9.17, 15) is 19.7 Å². The lowest BCUT2D eigenvalue weighted by Gasteiger charge is -2.24. The van der Waals surface area contributed by atoms with Crippen molar-refractivity contribution >= 4 is 28.9 Å². The van der Waals surface area contributed by atoms with Gasteiger partial charge in [0.2, 0.25) is 5.91 Å². The number of anilines is 1. The maximum atomic E-state index is 12.2. The molecule has 1 aliphatic heterocycles. The largest absolute Gasteiger partial charge is 0.321 e. The van der Waals surface area contributed by atoms with Crippen molar-refractivity contribution in [3.8, 4) is 0 Å². The van der Waals surface area contributed by atoms with Crippen molar-refractivity contribution in [2.75, 3.05) is 12.4 Å². The zero-order valence-corrected chi connectivity index (χ0v) is 14.7. The minimum Gasteiger partial charge on any atom is -0.321 e. The van der Waals surface area contributed by atoms with Crippen LogP contribution in [0.4, 0.5) is 11.4 Å². The number of nitrogens with one attached hydrogen (secondary N) is 1. The zero-order chi connectivity index (χ0) is 19.6. The van der Waals surface area contributed by atoms with Crippen LogP contribution < -0.4 is 5.32 Å². The fourth-order valence-corrected chi connectivity index (χ4v) is 2.73. The third-order valence-corrected chi connectivity index (χ3v) is 4.19. The number of carbonyl (C=O) groups excluding carboxylic acids is 2. The lowest BCUT2D eigenvalue weighted by Crippen LogP contribution is -2.33. The number of nitro groups is 1. The van der Waals surface area contributed by atoms with Crippen LogP contribution in [0.1, 0.15) is 29.4 Å². The van der Waals surface area contributed by atoms with Crippen LogP contribution in [-0.4, -0.2) is 39.5 Å². The molecule has 1 unspecified atom stereocenters. The number of rotatable bonds is 4. The number of pyridine rings is 1. The van der Waals surface area contributed by atoms with Gasteiger partial charge in [-0.05, 0) is 17.7 Å². The van der Waals surface area contributed by atoms with E-state index in [1.807, 2.05) is 6.92 Å². The molecule has 0 radical (unpaired) electrons. The standard InChI is InChI=1S/C18H17N5O4/c1-11-9-16(24)22(2)21-17(11)12-3-5-13(6-4-12)20-18(25)15-10-14(23(26)27)7-8-19-15/h3-8,10-11H,9H2,1-2H3,(H,20,25). The Morgan fingerprint density at radius 3 is 2.67 bits per heavy atom. The smallest absolute Gasteiger partial charge is 0.274 e. The third-order valence-electron chi connectivity index (χ3n) is 4.19. The Labute approximate surface area is 154 Å². The number of carbonyl (C=O) groups is 2. The van der Waals surface area contributed by atoms with Gasteiger partial charge < -0.3 is 5.32 Å². The van der Waals surface area contributed by atoms with Crippen molar-refractivity contribution in [2.24, 2.45) is 11.0 Å². The van der Waals surface area contributed by atoms with E-state index in [0.717, 1.165) is 17.3 Å². The van der Waals surface area contributed by atoms with Crippen LogP contribution >= 0.6 is 0 Å². The SMILES string of the molecule is CC1CC(=O)N(C)N=C1c1ccc(NC(=O)c2cc([N+](=O)[O-])ccn2)cc1. The van der Waals surface area contributed by atoms with Crippen LogP contribution in [-0.2, 0) is 4.79 Å². The number of amides is 2. The van der Waals surface area contributed by atoms with Gasteiger partial charge in [-0.2, -0.15) is 5.10 Å². The molecule has 1 aromatic carbocycles. The van der Waals surface area contributed by atoms with Crippen LogP contribution in [0, 0.1) is 16.0 Å². The van der Waals surface area contributed by atoms with E-state index in [0.29, 0.717) is 12.1 Å². The van der Waals surface area contributed by atoms with Crippen LogP contribution in [0.5, 0.6) is 0 Å². The highest BCUT2D eigenvalue weighted by Crippen LogP contribution is 2.21. The molecule has 1 atom stereocenters. The monoisotopic (exact) mass is 367 g/mol. The van der Waals surface area contributed by atoms with Crippen molar-refractivity contribution in [1.82, 2.24) is 9.99 Å². The third kappa shape index (κ3) is 3.97. The predicted octanol–water partition coefficient (Wildman–Crippen LogP) is 2.44. The second kappa shape index (κ2) is 7.32. The fourth-order valence-electron chi connectivity index (χ4n) is 2.73. The normalized spacial score (nSPS) is 16.7. The summed E-state index contributed by atoms with van der Waals surface area (Å²) >= 11 is 0. The van der Waals surface area contributed by atoms with Gasteiger partial charge in [-0.15, -0.1) is 0 Å². The quantitative estimate of drug-likeness (QED) is 0.658.